The van der Waals surface area contributed by atoms with Gasteiger partial charge in [-0.3, -0.25) is 0 Å². The summed E-state index contributed by atoms with van der Waals surface area (Å²) in [7, 11) is 0. The third kappa shape index (κ3) is 9.75. The maximum Gasteiger partial charge on any atom is 2.00 e. The Morgan fingerprint density at radius 1 is 1.23 bits per heavy atom. The molecule has 136 valence electrons. The first kappa shape index (κ1) is 24.4. The van der Waals surface area contributed by atoms with Gasteiger partial charge in [0.15, 0.2) is 0 Å². The molecule has 0 saturated carbocycles. The number of benzene rings is 2. The van der Waals surface area contributed by atoms with Gasteiger partial charge in [-0.1, -0.05) is 32.4 Å². The van der Waals surface area contributed by atoms with Gasteiger partial charge in [-0.2, -0.15) is 36.8 Å². The summed E-state index contributed by atoms with van der Waals surface area (Å²) in [5.74, 6) is -0.337. The van der Waals surface area contributed by atoms with Crippen LogP contribution in [0.2, 0.25) is 0 Å². The molecule has 3 nitrogen and oxygen atoms in total. The fourth-order valence-electron chi connectivity index (χ4n) is 1.98. The predicted molar refractivity (Wildman–Crippen MR) is 103 cm³/mol. The zero-order chi connectivity index (χ0) is 18.9. The molecule has 0 atom stereocenters. The average Bonchev–Trinajstić information content (AvgIpc) is 2.54. The van der Waals surface area contributed by atoms with Crippen molar-refractivity contribution in [3.05, 3.63) is 78.2 Å². The van der Waals surface area contributed by atoms with Crippen molar-refractivity contribution in [1.82, 2.24) is 0 Å². The van der Waals surface area contributed by atoms with Gasteiger partial charge in [-0.15, -0.1) is 29.8 Å². The number of hydrogen-bond donors (Lipinski definition) is 1. The van der Waals surface area contributed by atoms with Crippen LogP contribution in [-0.4, -0.2) is 17.7 Å². The number of carbonyl (C=O) groups is 1. The number of ether oxygens (including phenoxy) is 1. The second kappa shape index (κ2) is 11.9. The minimum absolute atomic E-state index is 0. The summed E-state index contributed by atoms with van der Waals surface area (Å²) in [4.78, 5) is 10.3. The third-order valence-corrected chi connectivity index (χ3v) is 3.34. The summed E-state index contributed by atoms with van der Waals surface area (Å²) in [6.45, 7) is 12.9. The number of rotatable bonds is 4. The Morgan fingerprint density at radius 3 is 2.35 bits per heavy atom. The number of aliphatic carboxylic acids is 1. The third-order valence-electron chi connectivity index (χ3n) is 3.34. The van der Waals surface area contributed by atoms with Crippen LogP contribution >= 0.6 is 0 Å². The molecule has 2 aromatic carbocycles. The van der Waals surface area contributed by atoms with E-state index in [2.05, 4.69) is 58.0 Å². The van der Waals surface area contributed by atoms with Crippen molar-refractivity contribution in [3.63, 3.8) is 0 Å². The van der Waals surface area contributed by atoms with Crippen molar-refractivity contribution in [2.24, 2.45) is 0 Å². The van der Waals surface area contributed by atoms with Gasteiger partial charge in [0, 0.05) is 11.8 Å². The first-order valence-corrected chi connectivity index (χ1v) is 8.20. The molecule has 0 amide bonds. The van der Waals surface area contributed by atoms with E-state index in [9.17, 15) is 4.79 Å². The smallest absolute Gasteiger partial charge is 0.520 e. The summed E-state index contributed by atoms with van der Waals surface area (Å²) >= 11 is 0. The van der Waals surface area contributed by atoms with Gasteiger partial charge >= 0.3 is 37.1 Å². The molecule has 26 heavy (non-hydrogen) atoms. The van der Waals surface area contributed by atoms with Gasteiger partial charge in [-0.05, 0) is 12.3 Å². The van der Waals surface area contributed by atoms with E-state index in [1.165, 1.54) is 11.6 Å². The van der Waals surface area contributed by atoms with E-state index in [0.717, 1.165) is 17.2 Å². The fourth-order valence-corrected chi connectivity index (χ4v) is 1.98. The molecule has 0 aliphatic rings. The molecule has 0 bridgehead atoms. The average molecular weight is 576 g/mol. The van der Waals surface area contributed by atoms with E-state index in [-0.39, 0.29) is 36.5 Å². The Bertz CT molecular complexity index is 698. The van der Waals surface area contributed by atoms with E-state index in [1.807, 2.05) is 6.92 Å². The van der Waals surface area contributed by atoms with Crippen molar-refractivity contribution < 1.29 is 45.8 Å². The Balaban J connectivity index is 0.000000475. The van der Waals surface area contributed by atoms with Gasteiger partial charge in [0.2, 0.25) is 0 Å². The van der Waals surface area contributed by atoms with Crippen LogP contribution in [0.5, 0.6) is 5.75 Å². The SMILES string of the molecule is CCOc1[c-]ccc(/C=C/C(=O)O)c1.[CH2-]c1ccc(C(C)(C)C)cc1.[U+2]. The summed E-state index contributed by atoms with van der Waals surface area (Å²) in [5, 5.41) is 8.42. The first-order valence-electron chi connectivity index (χ1n) is 8.20. The van der Waals surface area contributed by atoms with Gasteiger partial charge < -0.3 is 9.84 Å². The van der Waals surface area contributed by atoms with Crippen molar-refractivity contribution in [3.8, 4) is 5.75 Å². The van der Waals surface area contributed by atoms with Crippen LogP contribution in [0.25, 0.3) is 6.08 Å². The van der Waals surface area contributed by atoms with Gasteiger partial charge in [0.1, 0.15) is 0 Å². The van der Waals surface area contributed by atoms with Gasteiger partial charge in [0.05, 0.1) is 6.61 Å². The first-order chi connectivity index (χ1) is 11.7. The summed E-state index contributed by atoms with van der Waals surface area (Å²) in [5.41, 5.74) is 3.49. The maximum atomic E-state index is 10.3. The van der Waals surface area contributed by atoms with Gasteiger partial charge in [0.25, 0.3) is 0 Å². The second-order valence-electron chi connectivity index (χ2n) is 6.54. The maximum absolute atomic E-state index is 10.3. The normalized spacial score (nSPS) is 10.5. The topological polar surface area (TPSA) is 46.5 Å². The Morgan fingerprint density at radius 2 is 1.85 bits per heavy atom. The minimum Gasteiger partial charge on any atom is -0.520 e. The van der Waals surface area contributed by atoms with E-state index in [1.54, 1.807) is 18.2 Å². The van der Waals surface area contributed by atoms with Gasteiger partial charge in [-0.25, -0.2) is 4.79 Å². The van der Waals surface area contributed by atoms with Crippen molar-refractivity contribution in [2.75, 3.05) is 6.61 Å². The number of carboxylic acids is 1. The summed E-state index contributed by atoms with van der Waals surface area (Å²) in [6, 6.07) is 16.5. The van der Waals surface area contributed by atoms with Crippen LogP contribution in [0.4, 0.5) is 0 Å². The van der Waals surface area contributed by atoms with Crippen LogP contribution in [0.1, 0.15) is 44.4 Å². The van der Waals surface area contributed by atoms with Crippen LogP contribution in [0.15, 0.2) is 48.5 Å². The molecule has 0 aromatic heterocycles. The Kier molecular flexibility index (Phi) is 11.1. The van der Waals surface area contributed by atoms with Crippen LogP contribution in [0.3, 0.4) is 0 Å². The molecule has 0 heterocycles. The molecular formula is C22H26O3U. The molecular weight excluding hydrogens is 550 g/mol. The molecule has 0 aliphatic carbocycles. The zero-order valence-corrected chi connectivity index (χ0v) is 20.0. The van der Waals surface area contributed by atoms with E-state index < -0.39 is 5.97 Å². The predicted octanol–water partition coefficient (Wildman–Crippen LogP) is 5.15. The molecule has 4 heteroatoms. The fraction of sp³-hybridized carbons (Fsp3) is 0.273. The Labute approximate surface area is 180 Å². The molecule has 0 unspecified atom stereocenters. The molecule has 0 fully saturated rings. The Hall–Kier alpha value is -1.63. The quantitative estimate of drug-likeness (QED) is 0.405. The van der Waals surface area contributed by atoms with E-state index in [4.69, 9.17) is 9.84 Å². The molecule has 0 saturated heterocycles. The summed E-state index contributed by atoms with van der Waals surface area (Å²) < 4.78 is 5.22. The second-order valence-corrected chi connectivity index (χ2v) is 6.54. The molecule has 0 radical (unpaired) electrons. The van der Waals surface area contributed by atoms with Crippen molar-refractivity contribution >= 4 is 12.0 Å². The molecule has 2 rings (SSSR count). The van der Waals surface area contributed by atoms with E-state index >= 15 is 0 Å². The monoisotopic (exact) mass is 576 g/mol. The van der Waals surface area contributed by atoms with E-state index in [0.29, 0.717) is 12.4 Å². The van der Waals surface area contributed by atoms with Crippen LogP contribution in [-0.2, 0) is 10.2 Å². The summed E-state index contributed by atoms with van der Waals surface area (Å²) in [6.07, 6.45) is 2.60. The van der Waals surface area contributed by atoms with Crippen LogP contribution < -0.4 is 4.74 Å². The number of hydrogen-bond acceptors (Lipinski definition) is 2. The minimum atomic E-state index is -0.962. The zero-order valence-electron chi connectivity index (χ0n) is 15.9. The van der Waals surface area contributed by atoms with Crippen molar-refractivity contribution in [2.45, 2.75) is 33.1 Å². The number of carboxylic acid groups (broad SMARTS) is 1. The standard InChI is InChI=1S/C11H11O3.C11H15.U/c1-2-14-10-5-3-4-9(8-10)6-7-11(12)13;1-9-5-7-10(8-6-9)11(2,3)4;/h3-4,6-8H,2H2,1H3,(H,12,13);5-8H,1H2,2-4H3;/q2*-1;+2/b7-6+;;. The largest absolute Gasteiger partial charge is 2.00 e. The molecule has 0 spiro atoms. The molecule has 0 aliphatic heterocycles. The van der Waals surface area contributed by atoms with Crippen molar-refractivity contribution in [1.29, 1.82) is 0 Å². The molecule has 2 aromatic rings. The van der Waals surface area contributed by atoms with Crippen LogP contribution in [0, 0.1) is 44.1 Å². The molecule has 1 N–H and O–H groups in total.